The molecule has 2 aromatic carbocycles. The number of benzene rings is 2. The van der Waals surface area contributed by atoms with Crippen LogP contribution in [0, 0.1) is 0 Å². The van der Waals surface area contributed by atoms with Gasteiger partial charge in [0.05, 0.1) is 0 Å². The lowest BCUT2D eigenvalue weighted by Gasteiger charge is -2.17. The van der Waals surface area contributed by atoms with Crippen LogP contribution < -0.4 is 5.32 Å². The van der Waals surface area contributed by atoms with Crippen LogP contribution in [0.25, 0.3) is 5.70 Å². The summed E-state index contributed by atoms with van der Waals surface area (Å²) in [6.45, 7) is 4.34. The topological polar surface area (TPSA) is 49.4 Å². The van der Waals surface area contributed by atoms with Crippen LogP contribution in [-0.4, -0.2) is 28.5 Å². The highest BCUT2D eigenvalue weighted by Crippen LogP contribution is 2.35. The Hall–Kier alpha value is -2.53. The van der Waals surface area contributed by atoms with Gasteiger partial charge in [0.2, 0.25) is 5.91 Å². The Kier molecular flexibility index (Phi) is 5.53. The molecule has 2 aliphatic rings. The fourth-order valence-corrected chi connectivity index (χ4v) is 5.07. The van der Waals surface area contributed by atoms with Crippen molar-refractivity contribution in [2.24, 2.45) is 0 Å². The van der Waals surface area contributed by atoms with Gasteiger partial charge in [-0.25, -0.2) is 0 Å². The molecule has 0 aromatic heterocycles. The van der Waals surface area contributed by atoms with Crippen LogP contribution in [0.1, 0.15) is 48.0 Å². The van der Waals surface area contributed by atoms with Crippen molar-refractivity contribution in [3.63, 3.8) is 0 Å². The summed E-state index contributed by atoms with van der Waals surface area (Å²) in [6, 6.07) is 15.5. The van der Waals surface area contributed by atoms with Gasteiger partial charge in [0.1, 0.15) is 0 Å². The SMILES string of the molecule is C=C1c2ccccc2C(=O)N1CCC(=O)Nc1ccc(SC2CCCC2)cc1. The Labute approximate surface area is 170 Å². The highest BCUT2D eigenvalue weighted by Gasteiger charge is 2.30. The maximum Gasteiger partial charge on any atom is 0.258 e. The molecule has 4 rings (SSSR count). The molecular weight excluding hydrogens is 368 g/mol. The van der Waals surface area contributed by atoms with Gasteiger partial charge in [0, 0.05) is 45.6 Å². The molecule has 0 spiro atoms. The number of anilines is 1. The number of rotatable bonds is 6. The van der Waals surface area contributed by atoms with Crippen LogP contribution in [-0.2, 0) is 4.79 Å². The molecule has 144 valence electrons. The number of amides is 2. The van der Waals surface area contributed by atoms with Gasteiger partial charge in [-0.2, -0.15) is 0 Å². The van der Waals surface area contributed by atoms with E-state index in [0.29, 0.717) is 17.8 Å². The summed E-state index contributed by atoms with van der Waals surface area (Å²) in [7, 11) is 0. The van der Waals surface area contributed by atoms with Gasteiger partial charge in [-0.1, -0.05) is 37.6 Å². The fourth-order valence-electron chi connectivity index (χ4n) is 3.82. The number of hydrogen-bond donors (Lipinski definition) is 1. The minimum Gasteiger partial charge on any atom is -0.326 e. The summed E-state index contributed by atoms with van der Waals surface area (Å²) in [4.78, 5) is 27.7. The minimum absolute atomic E-state index is 0.0818. The van der Waals surface area contributed by atoms with Crippen molar-refractivity contribution in [2.75, 3.05) is 11.9 Å². The number of carbonyl (C=O) groups is 2. The van der Waals surface area contributed by atoms with Crippen molar-refractivity contribution in [1.82, 2.24) is 4.90 Å². The molecule has 1 heterocycles. The lowest BCUT2D eigenvalue weighted by atomic mass is 10.1. The summed E-state index contributed by atoms with van der Waals surface area (Å²) in [5.74, 6) is -0.186. The minimum atomic E-state index is -0.104. The Morgan fingerprint density at radius 3 is 2.43 bits per heavy atom. The molecule has 4 nitrogen and oxygen atoms in total. The summed E-state index contributed by atoms with van der Waals surface area (Å²) < 4.78 is 0. The second kappa shape index (κ2) is 8.23. The van der Waals surface area contributed by atoms with E-state index in [1.807, 2.05) is 42.1 Å². The molecule has 1 saturated carbocycles. The number of thioether (sulfide) groups is 1. The van der Waals surface area contributed by atoms with Gasteiger partial charge < -0.3 is 10.2 Å². The molecule has 0 atom stereocenters. The van der Waals surface area contributed by atoms with E-state index in [2.05, 4.69) is 24.0 Å². The first-order valence-corrected chi connectivity index (χ1v) is 10.7. The number of nitrogens with zero attached hydrogens (tertiary/aromatic N) is 1. The van der Waals surface area contributed by atoms with Crippen molar-refractivity contribution in [3.8, 4) is 0 Å². The Balaban J connectivity index is 1.29. The summed E-state index contributed by atoms with van der Waals surface area (Å²) in [6.07, 6.45) is 5.50. The molecule has 0 saturated heterocycles. The van der Waals surface area contributed by atoms with Crippen molar-refractivity contribution in [2.45, 2.75) is 42.2 Å². The van der Waals surface area contributed by atoms with E-state index in [-0.39, 0.29) is 18.2 Å². The molecule has 2 aromatic rings. The number of fused-ring (bicyclic) bond motifs is 1. The lowest BCUT2D eigenvalue weighted by Crippen LogP contribution is -2.27. The molecule has 0 bridgehead atoms. The van der Waals surface area contributed by atoms with Crippen LogP contribution in [0.3, 0.4) is 0 Å². The van der Waals surface area contributed by atoms with Gasteiger partial charge in [-0.05, 0) is 43.2 Å². The molecule has 1 aliphatic carbocycles. The monoisotopic (exact) mass is 392 g/mol. The summed E-state index contributed by atoms with van der Waals surface area (Å²) in [5.41, 5.74) is 2.96. The third-order valence-corrected chi connectivity index (χ3v) is 6.69. The van der Waals surface area contributed by atoms with Crippen LogP contribution in [0.5, 0.6) is 0 Å². The van der Waals surface area contributed by atoms with E-state index in [1.165, 1.54) is 30.6 Å². The van der Waals surface area contributed by atoms with Crippen molar-refractivity contribution in [1.29, 1.82) is 0 Å². The van der Waals surface area contributed by atoms with Crippen LogP contribution in [0.15, 0.2) is 60.0 Å². The standard InChI is InChI=1S/C23H24N2O2S/c1-16-20-8-4-5-9-21(20)23(27)25(16)15-14-22(26)24-17-10-12-19(13-11-17)28-18-6-2-3-7-18/h4-5,8-13,18H,1-3,6-7,14-15H2,(H,24,26). The summed E-state index contributed by atoms with van der Waals surface area (Å²) in [5, 5.41) is 3.65. The average molecular weight is 393 g/mol. The first-order chi connectivity index (χ1) is 13.6. The van der Waals surface area contributed by atoms with Crippen LogP contribution in [0.4, 0.5) is 5.69 Å². The number of hydrogen-bond acceptors (Lipinski definition) is 3. The van der Waals surface area contributed by atoms with E-state index in [1.54, 1.807) is 11.0 Å². The van der Waals surface area contributed by atoms with Crippen LogP contribution in [0.2, 0.25) is 0 Å². The third kappa shape index (κ3) is 3.99. The Morgan fingerprint density at radius 1 is 1.07 bits per heavy atom. The fraction of sp³-hybridized carbons (Fsp3) is 0.304. The second-order valence-corrected chi connectivity index (χ2v) is 8.67. The summed E-state index contributed by atoms with van der Waals surface area (Å²) >= 11 is 1.93. The van der Waals surface area contributed by atoms with E-state index in [0.717, 1.165) is 16.5 Å². The van der Waals surface area contributed by atoms with Gasteiger partial charge >= 0.3 is 0 Å². The highest BCUT2D eigenvalue weighted by molar-refractivity contribution is 8.00. The zero-order chi connectivity index (χ0) is 19.5. The highest BCUT2D eigenvalue weighted by atomic mass is 32.2. The molecule has 0 unspecified atom stereocenters. The first kappa shape index (κ1) is 18.8. The molecule has 1 aliphatic heterocycles. The van der Waals surface area contributed by atoms with Gasteiger partial charge in [0.25, 0.3) is 5.91 Å². The second-order valence-electron chi connectivity index (χ2n) is 7.30. The van der Waals surface area contributed by atoms with Gasteiger partial charge in [0.15, 0.2) is 0 Å². The van der Waals surface area contributed by atoms with Crippen molar-refractivity contribution in [3.05, 3.63) is 66.2 Å². The third-order valence-electron chi connectivity index (χ3n) is 5.34. The molecule has 5 heteroatoms. The van der Waals surface area contributed by atoms with E-state index >= 15 is 0 Å². The molecule has 2 amide bonds. The van der Waals surface area contributed by atoms with Crippen LogP contribution >= 0.6 is 11.8 Å². The van der Waals surface area contributed by atoms with Crippen molar-refractivity contribution < 1.29 is 9.59 Å². The lowest BCUT2D eigenvalue weighted by molar-refractivity contribution is -0.116. The van der Waals surface area contributed by atoms with E-state index in [9.17, 15) is 9.59 Å². The van der Waals surface area contributed by atoms with E-state index < -0.39 is 0 Å². The number of nitrogens with one attached hydrogen (secondary N) is 1. The molecular formula is C23H24N2O2S. The van der Waals surface area contributed by atoms with Gasteiger partial charge in [-0.3, -0.25) is 9.59 Å². The average Bonchev–Trinajstić information content (AvgIpc) is 3.30. The smallest absolute Gasteiger partial charge is 0.258 e. The molecule has 1 N–H and O–H groups in total. The van der Waals surface area contributed by atoms with E-state index in [4.69, 9.17) is 0 Å². The Morgan fingerprint density at radius 2 is 1.75 bits per heavy atom. The number of carbonyl (C=O) groups excluding carboxylic acids is 2. The quantitative estimate of drug-likeness (QED) is 0.737. The Bertz CT molecular complexity index is 866. The predicted octanol–water partition coefficient (Wildman–Crippen LogP) is 5.18. The zero-order valence-electron chi connectivity index (χ0n) is 15.8. The predicted molar refractivity (Wildman–Crippen MR) is 114 cm³/mol. The zero-order valence-corrected chi connectivity index (χ0v) is 16.6. The maximum atomic E-state index is 12.5. The van der Waals surface area contributed by atoms with Gasteiger partial charge in [-0.15, -0.1) is 11.8 Å². The maximum absolute atomic E-state index is 12.5. The first-order valence-electron chi connectivity index (χ1n) is 9.78. The normalized spacial score (nSPS) is 16.5. The largest absolute Gasteiger partial charge is 0.326 e. The molecule has 1 fully saturated rings. The van der Waals surface area contributed by atoms with Crippen molar-refractivity contribution >= 4 is 35.0 Å². The molecule has 0 radical (unpaired) electrons. The molecule has 28 heavy (non-hydrogen) atoms.